The lowest BCUT2D eigenvalue weighted by molar-refractivity contribution is 0.583. The molecule has 0 aliphatic heterocycles. The summed E-state index contributed by atoms with van der Waals surface area (Å²) in [5, 5.41) is 2.00. The lowest BCUT2D eigenvalue weighted by Gasteiger charge is -1.94. The number of hydrogen-bond acceptors (Lipinski definition) is 4. The topological polar surface area (TPSA) is 41.8 Å². The second-order valence-corrected chi connectivity index (χ2v) is 4.19. The van der Waals surface area contributed by atoms with E-state index in [0.717, 1.165) is 22.4 Å². The number of fused-ring (bicyclic) bond motifs is 1. The Morgan fingerprint density at radius 3 is 3.13 bits per heavy atom. The van der Waals surface area contributed by atoms with Gasteiger partial charge in [-0.25, -0.2) is 4.98 Å². The summed E-state index contributed by atoms with van der Waals surface area (Å²) in [6, 6.07) is 5.89. The van der Waals surface area contributed by atoms with E-state index < -0.39 is 0 Å². The van der Waals surface area contributed by atoms with Gasteiger partial charge < -0.3 is 9.40 Å². The number of oxazole rings is 1. The van der Waals surface area contributed by atoms with E-state index in [2.05, 4.69) is 9.97 Å². The maximum Gasteiger partial charge on any atom is 0.266 e. The van der Waals surface area contributed by atoms with Crippen LogP contribution in [0.25, 0.3) is 22.4 Å². The fraction of sp³-hybridized carbons (Fsp3) is 0. The first-order chi connectivity index (χ1) is 7.33. The number of nitrogens with one attached hydrogen (secondary N) is 1. The first kappa shape index (κ1) is 8.82. The standard InChI is InChI=1S/C10H6N2OS2/c14-10-12-7-2-1-6(3-9(7)13-10)8-4-15-5-11-8/h1-5H,(H,12,14). The summed E-state index contributed by atoms with van der Waals surface area (Å²) in [4.78, 5) is 7.61. The predicted molar refractivity (Wildman–Crippen MR) is 62.5 cm³/mol. The average molecular weight is 234 g/mol. The molecule has 15 heavy (non-hydrogen) atoms. The van der Waals surface area contributed by atoms with E-state index in [4.69, 9.17) is 16.6 Å². The molecule has 0 saturated carbocycles. The fourth-order valence-corrected chi connectivity index (χ4v) is 2.22. The van der Waals surface area contributed by atoms with Crippen molar-refractivity contribution in [2.75, 3.05) is 0 Å². The highest BCUT2D eigenvalue weighted by Gasteiger charge is 2.03. The molecule has 0 aliphatic rings. The van der Waals surface area contributed by atoms with Gasteiger partial charge in [0.05, 0.1) is 16.7 Å². The summed E-state index contributed by atoms with van der Waals surface area (Å²) in [5.74, 6) is 0. The van der Waals surface area contributed by atoms with E-state index in [0.29, 0.717) is 4.84 Å². The van der Waals surface area contributed by atoms with Crippen molar-refractivity contribution >= 4 is 34.7 Å². The molecule has 0 atom stereocenters. The van der Waals surface area contributed by atoms with Gasteiger partial charge >= 0.3 is 0 Å². The number of H-pyrrole nitrogens is 1. The maximum absolute atomic E-state index is 5.34. The summed E-state index contributed by atoms with van der Waals surface area (Å²) in [5.41, 5.74) is 5.50. The average Bonchev–Trinajstić information content (AvgIpc) is 2.82. The smallest absolute Gasteiger partial charge is 0.266 e. The van der Waals surface area contributed by atoms with Crippen LogP contribution in [0.4, 0.5) is 0 Å². The first-order valence-corrected chi connectivity index (χ1v) is 5.69. The molecule has 2 heterocycles. The Bertz CT molecular complexity index is 651. The van der Waals surface area contributed by atoms with Gasteiger partial charge in [0.1, 0.15) is 0 Å². The Labute approximate surface area is 94.4 Å². The third-order valence-electron chi connectivity index (χ3n) is 2.15. The van der Waals surface area contributed by atoms with Gasteiger partial charge in [0, 0.05) is 10.9 Å². The highest BCUT2D eigenvalue weighted by Crippen LogP contribution is 2.23. The van der Waals surface area contributed by atoms with Gasteiger partial charge in [0.2, 0.25) is 0 Å². The van der Waals surface area contributed by atoms with Crippen molar-refractivity contribution in [3.05, 3.63) is 33.9 Å². The lowest BCUT2D eigenvalue weighted by Crippen LogP contribution is -1.76. The Kier molecular flexibility index (Phi) is 1.93. The fourth-order valence-electron chi connectivity index (χ4n) is 1.46. The van der Waals surface area contributed by atoms with Crippen LogP contribution in [-0.2, 0) is 0 Å². The normalized spacial score (nSPS) is 10.9. The summed E-state index contributed by atoms with van der Waals surface area (Å²) in [6.07, 6.45) is 0. The van der Waals surface area contributed by atoms with Crippen molar-refractivity contribution in [3.63, 3.8) is 0 Å². The van der Waals surface area contributed by atoms with Crippen LogP contribution < -0.4 is 0 Å². The van der Waals surface area contributed by atoms with E-state index in [9.17, 15) is 0 Å². The monoisotopic (exact) mass is 234 g/mol. The minimum atomic E-state index is 0.403. The molecular formula is C10H6N2OS2. The van der Waals surface area contributed by atoms with Crippen LogP contribution in [0.15, 0.2) is 33.5 Å². The number of thiazole rings is 1. The van der Waals surface area contributed by atoms with Crippen LogP contribution >= 0.6 is 23.6 Å². The molecule has 0 saturated heterocycles. The van der Waals surface area contributed by atoms with Gasteiger partial charge in [-0.15, -0.1) is 11.3 Å². The van der Waals surface area contributed by atoms with Crippen molar-refractivity contribution in [3.8, 4) is 11.3 Å². The largest absolute Gasteiger partial charge is 0.429 e. The maximum atomic E-state index is 5.34. The van der Waals surface area contributed by atoms with Crippen molar-refractivity contribution in [2.45, 2.75) is 0 Å². The number of nitrogens with zero attached hydrogens (tertiary/aromatic N) is 1. The Morgan fingerprint density at radius 2 is 2.33 bits per heavy atom. The molecule has 3 aromatic rings. The van der Waals surface area contributed by atoms with Crippen molar-refractivity contribution in [2.24, 2.45) is 0 Å². The lowest BCUT2D eigenvalue weighted by atomic mass is 10.1. The molecule has 1 aromatic carbocycles. The number of aromatic amines is 1. The molecule has 3 rings (SSSR count). The Balaban J connectivity index is 2.26. The van der Waals surface area contributed by atoms with Crippen molar-refractivity contribution < 1.29 is 4.42 Å². The van der Waals surface area contributed by atoms with Crippen LogP contribution in [0, 0.1) is 4.84 Å². The van der Waals surface area contributed by atoms with Gasteiger partial charge in [0.15, 0.2) is 5.58 Å². The first-order valence-electron chi connectivity index (χ1n) is 4.34. The van der Waals surface area contributed by atoms with Crippen molar-refractivity contribution in [1.29, 1.82) is 0 Å². The third-order valence-corrected chi connectivity index (χ3v) is 2.92. The molecule has 0 spiro atoms. The van der Waals surface area contributed by atoms with Gasteiger partial charge in [0.25, 0.3) is 4.84 Å². The number of aromatic nitrogens is 2. The number of hydrogen-bond donors (Lipinski definition) is 1. The molecule has 0 bridgehead atoms. The molecule has 0 amide bonds. The minimum absolute atomic E-state index is 0.403. The van der Waals surface area contributed by atoms with E-state index in [1.807, 2.05) is 29.1 Å². The van der Waals surface area contributed by atoms with E-state index in [1.165, 1.54) is 0 Å². The molecular weight excluding hydrogens is 228 g/mol. The quantitative estimate of drug-likeness (QED) is 0.654. The molecule has 3 nitrogen and oxygen atoms in total. The van der Waals surface area contributed by atoms with E-state index in [1.54, 1.807) is 11.3 Å². The number of benzene rings is 1. The van der Waals surface area contributed by atoms with Crippen LogP contribution in [0.3, 0.4) is 0 Å². The third kappa shape index (κ3) is 1.49. The Morgan fingerprint density at radius 1 is 1.40 bits per heavy atom. The second-order valence-electron chi connectivity index (χ2n) is 3.10. The number of rotatable bonds is 1. The van der Waals surface area contributed by atoms with E-state index >= 15 is 0 Å². The molecule has 2 aromatic heterocycles. The summed E-state index contributed by atoms with van der Waals surface area (Å²) in [6.45, 7) is 0. The van der Waals surface area contributed by atoms with Gasteiger partial charge in [-0.1, -0.05) is 6.07 Å². The zero-order valence-electron chi connectivity index (χ0n) is 7.56. The van der Waals surface area contributed by atoms with Gasteiger partial charge in [-0.2, -0.15) is 0 Å². The predicted octanol–water partition coefficient (Wildman–Crippen LogP) is 3.61. The minimum Gasteiger partial charge on any atom is -0.429 e. The highest BCUT2D eigenvalue weighted by atomic mass is 32.1. The SMILES string of the molecule is S=c1[nH]c2ccc(-c3cscn3)cc2o1. The molecule has 0 radical (unpaired) electrons. The second kappa shape index (κ2) is 3.29. The van der Waals surface area contributed by atoms with Gasteiger partial charge in [-0.3, -0.25) is 0 Å². The zero-order valence-corrected chi connectivity index (χ0v) is 9.19. The molecule has 74 valence electrons. The Hall–Kier alpha value is -1.46. The van der Waals surface area contributed by atoms with E-state index in [-0.39, 0.29) is 0 Å². The highest BCUT2D eigenvalue weighted by molar-refractivity contribution is 7.71. The summed E-state index contributed by atoms with van der Waals surface area (Å²) in [7, 11) is 0. The van der Waals surface area contributed by atoms with Crippen LogP contribution in [0.5, 0.6) is 0 Å². The summed E-state index contributed by atoms with van der Waals surface area (Å²) < 4.78 is 5.34. The van der Waals surface area contributed by atoms with Gasteiger partial charge in [-0.05, 0) is 24.4 Å². The molecule has 0 unspecified atom stereocenters. The van der Waals surface area contributed by atoms with Crippen LogP contribution in [-0.4, -0.2) is 9.97 Å². The molecule has 0 aliphatic carbocycles. The van der Waals surface area contributed by atoms with Crippen molar-refractivity contribution in [1.82, 2.24) is 9.97 Å². The van der Waals surface area contributed by atoms with Crippen LogP contribution in [0.2, 0.25) is 0 Å². The van der Waals surface area contributed by atoms with Crippen LogP contribution in [0.1, 0.15) is 0 Å². The molecule has 5 heteroatoms. The zero-order chi connectivity index (χ0) is 10.3. The summed E-state index contributed by atoms with van der Waals surface area (Å²) >= 11 is 6.50. The molecule has 1 N–H and O–H groups in total. The molecule has 0 fully saturated rings.